The highest BCUT2D eigenvalue weighted by atomic mass is 32.2. The first-order chi connectivity index (χ1) is 15.0. The molecule has 2 aromatic heterocycles. The molecule has 0 bridgehead atoms. The second-order valence-corrected chi connectivity index (χ2v) is 8.09. The molecule has 12 heteroatoms. The molecule has 7 nitrogen and oxygen atoms in total. The fraction of sp³-hybridized carbons (Fsp3) is 0.250. The molecule has 0 aliphatic heterocycles. The van der Waals surface area contributed by atoms with E-state index in [4.69, 9.17) is 0 Å². The second kappa shape index (κ2) is 9.47. The van der Waals surface area contributed by atoms with Gasteiger partial charge >= 0.3 is 5.51 Å². The molecule has 2 heterocycles. The number of aromatic nitrogens is 4. The lowest BCUT2D eigenvalue weighted by Crippen LogP contribution is -2.33. The number of thioether (sulfide) groups is 1. The van der Waals surface area contributed by atoms with Crippen molar-refractivity contribution in [1.82, 2.24) is 25.3 Å². The minimum absolute atomic E-state index is 0.0103. The predicted molar refractivity (Wildman–Crippen MR) is 109 cm³/mol. The molecule has 0 aliphatic carbocycles. The zero-order valence-corrected chi connectivity index (χ0v) is 17.6. The van der Waals surface area contributed by atoms with Crippen LogP contribution in [-0.4, -0.2) is 31.4 Å². The summed E-state index contributed by atoms with van der Waals surface area (Å²) in [4.78, 5) is 38.7. The van der Waals surface area contributed by atoms with Gasteiger partial charge in [0.25, 0.3) is 11.5 Å². The molecule has 168 valence electrons. The third-order valence-electron chi connectivity index (χ3n) is 4.25. The first kappa shape index (κ1) is 23.4. The van der Waals surface area contributed by atoms with Crippen molar-refractivity contribution in [1.29, 1.82) is 0 Å². The number of benzene rings is 1. The summed E-state index contributed by atoms with van der Waals surface area (Å²) in [5, 5.41) is 2.66. The van der Waals surface area contributed by atoms with Gasteiger partial charge in [0, 0.05) is 18.5 Å². The zero-order valence-electron chi connectivity index (χ0n) is 16.8. The van der Waals surface area contributed by atoms with Crippen molar-refractivity contribution in [2.45, 2.75) is 30.3 Å². The maximum absolute atomic E-state index is 14.3. The number of halogens is 4. The number of hydrogen-bond donors (Lipinski definition) is 2. The van der Waals surface area contributed by atoms with Gasteiger partial charge in [-0.2, -0.15) is 13.2 Å². The lowest BCUT2D eigenvalue weighted by molar-refractivity contribution is -0.0329. The van der Waals surface area contributed by atoms with E-state index in [0.29, 0.717) is 0 Å². The molecule has 0 fully saturated rings. The van der Waals surface area contributed by atoms with Crippen LogP contribution in [0.1, 0.15) is 35.9 Å². The molecular formula is C20H17F4N5O2S. The van der Waals surface area contributed by atoms with Gasteiger partial charge in [0.15, 0.2) is 11.6 Å². The lowest BCUT2D eigenvalue weighted by Gasteiger charge is -2.23. The van der Waals surface area contributed by atoms with Gasteiger partial charge in [0.1, 0.15) is 11.5 Å². The van der Waals surface area contributed by atoms with E-state index in [1.165, 1.54) is 18.5 Å². The Balaban J connectivity index is 1.87. The van der Waals surface area contributed by atoms with Crippen LogP contribution >= 0.6 is 11.8 Å². The minimum atomic E-state index is -4.62. The quantitative estimate of drug-likeness (QED) is 0.418. The van der Waals surface area contributed by atoms with Crippen molar-refractivity contribution in [3.8, 4) is 11.6 Å². The van der Waals surface area contributed by atoms with Crippen LogP contribution in [0, 0.1) is 11.7 Å². The summed E-state index contributed by atoms with van der Waals surface area (Å²) in [6, 6.07) is 5.09. The average molecular weight is 467 g/mol. The summed E-state index contributed by atoms with van der Waals surface area (Å²) in [6.45, 7) is 3.49. The molecule has 3 aromatic rings. The van der Waals surface area contributed by atoms with Crippen LogP contribution < -0.4 is 10.9 Å². The molecule has 32 heavy (non-hydrogen) atoms. The van der Waals surface area contributed by atoms with Crippen molar-refractivity contribution in [2.75, 3.05) is 0 Å². The molecular weight excluding hydrogens is 450 g/mol. The van der Waals surface area contributed by atoms with E-state index in [0.717, 1.165) is 18.2 Å². The van der Waals surface area contributed by atoms with Crippen LogP contribution in [0.15, 0.2) is 52.4 Å². The summed E-state index contributed by atoms with van der Waals surface area (Å²) in [6.07, 6.45) is 2.89. The highest BCUT2D eigenvalue weighted by Gasteiger charge is 2.31. The monoisotopic (exact) mass is 467 g/mol. The number of carbonyl (C=O) groups is 1. The third-order valence-corrected chi connectivity index (χ3v) is 5.03. The Kier molecular flexibility index (Phi) is 6.92. The first-order valence-electron chi connectivity index (χ1n) is 9.28. The molecule has 3 rings (SSSR count). The Hall–Kier alpha value is -3.28. The van der Waals surface area contributed by atoms with E-state index in [-0.39, 0.29) is 28.8 Å². The summed E-state index contributed by atoms with van der Waals surface area (Å²) in [5.74, 6) is -1.93. The van der Waals surface area contributed by atoms with Crippen LogP contribution in [0.3, 0.4) is 0 Å². The first-order valence-corrected chi connectivity index (χ1v) is 10.1. The summed E-state index contributed by atoms with van der Waals surface area (Å²) in [7, 11) is 0. The number of alkyl halides is 3. The Labute approximate surface area is 183 Å². The van der Waals surface area contributed by atoms with E-state index in [2.05, 4.69) is 25.3 Å². The van der Waals surface area contributed by atoms with E-state index in [1.807, 2.05) is 0 Å². The Morgan fingerprint density at radius 3 is 2.44 bits per heavy atom. The molecule has 0 radical (unpaired) electrons. The van der Waals surface area contributed by atoms with Gasteiger partial charge in [-0.05, 0) is 41.4 Å². The zero-order chi connectivity index (χ0) is 23.5. The lowest BCUT2D eigenvalue weighted by atomic mass is 9.95. The van der Waals surface area contributed by atoms with Gasteiger partial charge in [-0.25, -0.2) is 19.3 Å². The fourth-order valence-corrected chi connectivity index (χ4v) is 3.41. The van der Waals surface area contributed by atoms with Crippen LogP contribution in [0.2, 0.25) is 0 Å². The number of aromatic amines is 1. The molecule has 0 saturated carbocycles. The van der Waals surface area contributed by atoms with Crippen molar-refractivity contribution < 1.29 is 22.4 Å². The van der Waals surface area contributed by atoms with Crippen molar-refractivity contribution in [2.24, 2.45) is 5.92 Å². The van der Waals surface area contributed by atoms with Gasteiger partial charge in [0.2, 0.25) is 0 Å². The van der Waals surface area contributed by atoms with Gasteiger partial charge in [-0.3, -0.25) is 9.59 Å². The SMILES string of the molecule is CC(C)C(NC(=O)c1cc(=O)[nH]c(-c2ncccn2)n1)c1ccc(SC(F)(F)F)c(F)c1. The van der Waals surface area contributed by atoms with Crippen LogP contribution in [0.25, 0.3) is 11.6 Å². The highest BCUT2D eigenvalue weighted by molar-refractivity contribution is 8.00. The van der Waals surface area contributed by atoms with Crippen molar-refractivity contribution >= 4 is 17.7 Å². The molecule has 1 unspecified atom stereocenters. The number of H-pyrrole nitrogens is 1. The van der Waals surface area contributed by atoms with Crippen LogP contribution in [0.5, 0.6) is 0 Å². The van der Waals surface area contributed by atoms with Gasteiger partial charge in [-0.15, -0.1) is 0 Å². The maximum atomic E-state index is 14.3. The molecule has 0 saturated heterocycles. The standard InChI is InChI=1S/C20H17F4N5O2S/c1-10(2)16(11-4-5-14(12(21)8-11)32-20(22,23)24)29-19(31)13-9-15(30)28-18(27-13)17-25-6-3-7-26-17/h3-10,16H,1-2H3,(H,29,31)(H,27,28,30). The van der Waals surface area contributed by atoms with Gasteiger partial charge in [-0.1, -0.05) is 19.9 Å². The highest BCUT2D eigenvalue weighted by Crippen LogP contribution is 2.39. The number of amides is 1. The summed E-state index contributed by atoms with van der Waals surface area (Å²) < 4.78 is 51.9. The van der Waals surface area contributed by atoms with E-state index >= 15 is 0 Å². The second-order valence-electron chi connectivity index (χ2n) is 6.98. The normalized spacial score (nSPS) is 12.6. The molecule has 1 amide bonds. The number of rotatable bonds is 6. The van der Waals surface area contributed by atoms with Crippen molar-refractivity contribution in [3.05, 3.63) is 70.2 Å². The summed E-state index contributed by atoms with van der Waals surface area (Å²) >= 11 is -0.554. The summed E-state index contributed by atoms with van der Waals surface area (Å²) in [5.41, 5.74) is -5.17. The van der Waals surface area contributed by atoms with E-state index in [1.54, 1.807) is 19.9 Å². The van der Waals surface area contributed by atoms with E-state index < -0.39 is 45.5 Å². The molecule has 1 atom stereocenters. The topological polar surface area (TPSA) is 101 Å². The molecule has 0 aliphatic rings. The Bertz CT molecular complexity index is 1170. The molecule has 0 spiro atoms. The average Bonchev–Trinajstić information content (AvgIpc) is 2.72. The third kappa shape index (κ3) is 5.90. The number of carbonyl (C=O) groups excluding carboxylic acids is 1. The Morgan fingerprint density at radius 1 is 1.16 bits per heavy atom. The van der Waals surface area contributed by atoms with Gasteiger partial charge < -0.3 is 10.3 Å². The van der Waals surface area contributed by atoms with Crippen molar-refractivity contribution in [3.63, 3.8) is 0 Å². The molecule has 2 N–H and O–H groups in total. The maximum Gasteiger partial charge on any atom is 0.446 e. The number of nitrogens with one attached hydrogen (secondary N) is 2. The number of nitrogens with zero attached hydrogens (tertiary/aromatic N) is 3. The van der Waals surface area contributed by atoms with Crippen LogP contribution in [0.4, 0.5) is 17.6 Å². The fourth-order valence-electron chi connectivity index (χ4n) is 2.87. The number of hydrogen-bond acceptors (Lipinski definition) is 6. The van der Waals surface area contributed by atoms with Gasteiger partial charge in [0.05, 0.1) is 10.9 Å². The van der Waals surface area contributed by atoms with E-state index in [9.17, 15) is 27.2 Å². The predicted octanol–water partition coefficient (Wildman–Crippen LogP) is 4.11. The smallest absolute Gasteiger partial charge is 0.344 e. The molecule has 1 aromatic carbocycles. The largest absolute Gasteiger partial charge is 0.446 e. The van der Waals surface area contributed by atoms with Crippen LogP contribution in [-0.2, 0) is 0 Å². The Morgan fingerprint density at radius 2 is 1.84 bits per heavy atom. The minimum Gasteiger partial charge on any atom is -0.344 e.